The average molecular weight is 156 g/mol. The van der Waals surface area contributed by atoms with Crippen molar-refractivity contribution in [1.82, 2.24) is 5.32 Å². The van der Waals surface area contributed by atoms with E-state index in [0.717, 1.165) is 0 Å². The Bertz CT molecular complexity index is 191. The topological polar surface area (TPSA) is 72.2 Å². The molecule has 0 aromatic carbocycles. The molecular weight excluding hydrogens is 144 g/mol. The van der Waals surface area contributed by atoms with Crippen molar-refractivity contribution < 1.29 is 9.59 Å². The summed E-state index contributed by atoms with van der Waals surface area (Å²) in [4.78, 5) is 21.3. The number of hydrogen-bond donors (Lipinski definition) is 2. The van der Waals surface area contributed by atoms with E-state index in [0.29, 0.717) is 12.8 Å². The summed E-state index contributed by atoms with van der Waals surface area (Å²) >= 11 is 0. The summed E-state index contributed by atoms with van der Waals surface area (Å²) in [6.07, 6.45) is 0.740. The zero-order valence-corrected chi connectivity index (χ0v) is 6.46. The molecular formula is C7H12N2O2. The van der Waals surface area contributed by atoms with Crippen molar-refractivity contribution in [3.05, 3.63) is 0 Å². The standard InChI is InChI=1S/C7H12N2O2/c1-4-5(2-6(8)10)3-7(11)9-4/h4-5H,2-3H2,1H3,(H2,8,10)(H,9,11)/t4-,5-/m0/s1. The van der Waals surface area contributed by atoms with Gasteiger partial charge >= 0.3 is 0 Å². The first-order valence-electron chi connectivity index (χ1n) is 3.67. The van der Waals surface area contributed by atoms with E-state index < -0.39 is 0 Å². The van der Waals surface area contributed by atoms with E-state index in [1.54, 1.807) is 0 Å². The van der Waals surface area contributed by atoms with Gasteiger partial charge in [-0.25, -0.2) is 0 Å². The van der Waals surface area contributed by atoms with Gasteiger partial charge in [-0.05, 0) is 12.8 Å². The average Bonchev–Trinajstić information content (AvgIpc) is 2.09. The Morgan fingerprint density at radius 1 is 1.82 bits per heavy atom. The number of rotatable bonds is 2. The molecule has 1 rings (SSSR count). The maximum atomic E-state index is 10.8. The van der Waals surface area contributed by atoms with E-state index in [1.807, 2.05) is 6.92 Å². The highest BCUT2D eigenvalue weighted by Gasteiger charge is 2.29. The molecule has 0 spiro atoms. The molecule has 4 nitrogen and oxygen atoms in total. The quantitative estimate of drug-likeness (QED) is 0.559. The number of nitrogens with one attached hydrogen (secondary N) is 1. The van der Waals surface area contributed by atoms with Crippen LogP contribution in [-0.4, -0.2) is 17.9 Å². The highest BCUT2D eigenvalue weighted by Crippen LogP contribution is 2.18. The van der Waals surface area contributed by atoms with Crippen LogP contribution in [0.5, 0.6) is 0 Å². The Hall–Kier alpha value is -1.06. The van der Waals surface area contributed by atoms with Crippen LogP contribution in [0.3, 0.4) is 0 Å². The zero-order valence-electron chi connectivity index (χ0n) is 6.46. The predicted molar refractivity (Wildman–Crippen MR) is 39.5 cm³/mol. The first kappa shape index (κ1) is 8.04. The molecule has 2 amide bonds. The fourth-order valence-electron chi connectivity index (χ4n) is 1.35. The summed E-state index contributed by atoms with van der Waals surface area (Å²) in [5, 5.41) is 2.73. The minimum absolute atomic E-state index is 0.0174. The highest BCUT2D eigenvalue weighted by atomic mass is 16.2. The van der Waals surface area contributed by atoms with E-state index in [4.69, 9.17) is 5.73 Å². The molecule has 0 aromatic heterocycles. The molecule has 2 atom stereocenters. The molecule has 1 fully saturated rings. The minimum Gasteiger partial charge on any atom is -0.370 e. The normalized spacial score (nSPS) is 30.1. The van der Waals surface area contributed by atoms with Gasteiger partial charge in [-0.2, -0.15) is 0 Å². The molecule has 0 bridgehead atoms. The van der Waals surface area contributed by atoms with Crippen molar-refractivity contribution in [1.29, 1.82) is 0 Å². The van der Waals surface area contributed by atoms with Gasteiger partial charge in [-0.3, -0.25) is 9.59 Å². The van der Waals surface area contributed by atoms with Crippen LogP contribution in [0.25, 0.3) is 0 Å². The molecule has 0 aliphatic carbocycles. The van der Waals surface area contributed by atoms with E-state index in [2.05, 4.69) is 5.32 Å². The van der Waals surface area contributed by atoms with Gasteiger partial charge in [0.15, 0.2) is 0 Å². The summed E-state index contributed by atoms with van der Waals surface area (Å²) in [5.74, 6) is -0.220. The maximum Gasteiger partial charge on any atom is 0.220 e. The number of carbonyl (C=O) groups excluding carboxylic acids is 2. The Morgan fingerprint density at radius 3 is 2.82 bits per heavy atom. The third-order valence-electron chi connectivity index (χ3n) is 2.01. The summed E-state index contributed by atoms with van der Waals surface area (Å²) < 4.78 is 0. The van der Waals surface area contributed by atoms with Crippen LogP contribution in [0.15, 0.2) is 0 Å². The Labute approximate surface area is 65.1 Å². The number of amides is 2. The van der Waals surface area contributed by atoms with Crippen LogP contribution in [-0.2, 0) is 9.59 Å². The molecule has 0 aromatic rings. The summed E-state index contributed by atoms with van der Waals surface area (Å²) in [5.41, 5.74) is 5.00. The summed E-state index contributed by atoms with van der Waals surface area (Å²) in [7, 11) is 0. The second-order valence-corrected chi connectivity index (χ2v) is 2.99. The maximum absolute atomic E-state index is 10.8. The third-order valence-corrected chi connectivity index (χ3v) is 2.01. The molecule has 0 radical (unpaired) electrons. The third kappa shape index (κ3) is 1.93. The van der Waals surface area contributed by atoms with Gasteiger partial charge in [0.1, 0.15) is 0 Å². The van der Waals surface area contributed by atoms with Crippen molar-refractivity contribution in [3.8, 4) is 0 Å². The Kier molecular flexibility index (Phi) is 2.12. The number of nitrogens with two attached hydrogens (primary N) is 1. The molecule has 4 heteroatoms. The molecule has 3 N–H and O–H groups in total. The van der Waals surface area contributed by atoms with Crippen LogP contribution in [0.4, 0.5) is 0 Å². The monoisotopic (exact) mass is 156 g/mol. The van der Waals surface area contributed by atoms with Gasteiger partial charge in [0.05, 0.1) is 0 Å². The van der Waals surface area contributed by atoms with Crippen molar-refractivity contribution in [2.24, 2.45) is 11.7 Å². The Balaban J connectivity index is 2.46. The second-order valence-electron chi connectivity index (χ2n) is 2.99. The van der Waals surface area contributed by atoms with Crippen molar-refractivity contribution >= 4 is 11.8 Å². The van der Waals surface area contributed by atoms with E-state index >= 15 is 0 Å². The van der Waals surface area contributed by atoms with E-state index in [1.165, 1.54) is 0 Å². The predicted octanol–water partition coefficient (Wildman–Crippen LogP) is -0.614. The lowest BCUT2D eigenvalue weighted by atomic mass is 9.98. The lowest BCUT2D eigenvalue weighted by molar-refractivity contribution is -0.119. The van der Waals surface area contributed by atoms with Gasteiger partial charge in [0, 0.05) is 18.9 Å². The summed E-state index contributed by atoms with van der Waals surface area (Å²) in [6, 6.07) is 0.0926. The fourth-order valence-corrected chi connectivity index (χ4v) is 1.35. The first-order chi connectivity index (χ1) is 5.09. The van der Waals surface area contributed by atoms with Gasteiger partial charge in [0.2, 0.25) is 11.8 Å². The SMILES string of the molecule is C[C@@H]1NC(=O)C[C@@H]1CC(N)=O. The number of primary amides is 1. The van der Waals surface area contributed by atoms with Crippen LogP contribution in [0.2, 0.25) is 0 Å². The molecule has 1 saturated heterocycles. The molecule has 0 unspecified atom stereocenters. The van der Waals surface area contributed by atoms with Gasteiger partial charge in [0.25, 0.3) is 0 Å². The van der Waals surface area contributed by atoms with E-state index in [-0.39, 0.29) is 23.8 Å². The highest BCUT2D eigenvalue weighted by molar-refractivity contribution is 5.81. The minimum atomic E-state index is -0.335. The van der Waals surface area contributed by atoms with Gasteiger partial charge < -0.3 is 11.1 Å². The van der Waals surface area contributed by atoms with Crippen molar-refractivity contribution in [2.75, 3.05) is 0 Å². The molecule has 62 valence electrons. The van der Waals surface area contributed by atoms with Crippen LogP contribution in [0.1, 0.15) is 19.8 Å². The summed E-state index contributed by atoms with van der Waals surface area (Å²) in [6.45, 7) is 1.89. The molecule has 1 aliphatic rings. The molecule has 1 heterocycles. The fraction of sp³-hybridized carbons (Fsp3) is 0.714. The smallest absolute Gasteiger partial charge is 0.220 e. The second kappa shape index (κ2) is 2.90. The van der Waals surface area contributed by atoms with Crippen LogP contribution < -0.4 is 11.1 Å². The molecule has 11 heavy (non-hydrogen) atoms. The van der Waals surface area contributed by atoms with Crippen molar-refractivity contribution in [2.45, 2.75) is 25.8 Å². The molecule has 0 saturated carbocycles. The lowest BCUT2D eigenvalue weighted by Crippen LogP contribution is -2.27. The zero-order chi connectivity index (χ0) is 8.43. The lowest BCUT2D eigenvalue weighted by Gasteiger charge is -2.10. The van der Waals surface area contributed by atoms with Gasteiger partial charge in [-0.1, -0.05) is 0 Å². The number of carbonyl (C=O) groups is 2. The van der Waals surface area contributed by atoms with E-state index in [9.17, 15) is 9.59 Å². The Morgan fingerprint density at radius 2 is 2.45 bits per heavy atom. The first-order valence-corrected chi connectivity index (χ1v) is 3.67. The molecule has 1 aliphatic heterocycles. The number of hydrogen-bond acceptors (Lipinski definition) is 2. The van der Waals surface area contributed by atoms with Crippen molar-refractivity contribution in [3.63, 3.8) is 0 Å². The van der Waals surface area contributed by atoms with Crippen LogP contribution in [0, 0.1) is 5.92 Å². The van der Waals surface area contributed by atoms with Gasteiger partial charge in [-0.15, -0.1) is 0 Å². The van der Waals surface area contributed by atoms with Crippen LogP contribution >= 0.6 is 0 Å². The largest absolute Gasteiger partial charge is 0.370 e.